The molecule has 1 aromatic heterocycles. The van der Waals surface area contributed by atoms with E-state index < -0.39 is 0 Å². The van der Waals surface area contributed by atoms with Gasteiger partial charge in [0.1, 0.15) is 5.82 Å². The highest BCUT2D eigenvalue weighted by Crippen LogP contribution is 2.60. The van der Waals surface area contributed by atoms with Gasteiger partial charge in [0.2, 0.25) is 0 Å². The van der Waals surface area contributed by atoms with Crippen molar-refractivity contribution in [1.29, 1.82) is 0 Å². The molecule has 25 heavy (non-hydrogen) atoms. The van der Waals surface area contributed by atoms with Crippen LogP contribution >= 0.6 is 11.8 Å². The van der Waals surface area contributed by atoms with Crippen molar-refractivity contribution < 1.29 is 9.53 Å². The fourth-order valence-electron chi connectivity index (χ4n) is 6.04. The maximum Gasteiger partial charge on any atom is 0.316 e. The lowest BCUT2D eigenvalue weighted by molar-refractivity contribution is -0.139. The highest BCUT2D eigenvalue weighted by molar-refractivity contribution is 7.99. The molecule has 4 saturated carbocycles. The quantitative estimate of drug-likeness (QED) is 0.546. The molecule has 5 nitrogen and oxygen atoms in total. The summed E-state index contributed by atoms with van der Waals surface area (Å²) in [5.41, 5.74) is 0.470. The van der Waals surface area contributed by atoms with Crippen LogP contribution in [-0.4, -0.2) is 33.1 Å². The van der Waals surface area contributed by atoms with Crippen LogP contribution < -0.4 is 0 Å². The van der Waals surface area contributed by atoms with Crippen LogP contribution in [0.25, 0.3) is 0 Å². The van der Waals surface area contributed by atoms with Crippen molar-refractivity contribution in [1.82, 2.24) is 14.8 Å². The maximum absolute atomic E-state index is 11.6. The van der Waals surface area contributed by atoms with Crippen molar-refractivity contribution >= 4 is 17.7 Å². The van der Waals surface area contributed by atoms with Crippen molar-refractivity contribution in [2.75, 3.05) is 12.4 Å². The first-order valence-corrected chi connectivity index (χ1v) is 10.8. The summed E-state index contributed by atoms with van der Waals surface area (Å²) in [6.45, 7) is 5.26. The van der Waals surface area contributed by atoms with E-state index in [2.05, 4.69) is 21.7 Å². The van der Waals surface area contributed by atoms with E-state index in [1.165, 1.54) is 50.3 Å². The zero-order chi connectivity index (χ0) is 17.4. The average molecular weight is 364 g/mol. The molecule has 0 aliphatic heterocycles. The van der Waals surface area contributed by atoms with Crippen LogP contribution in [0, 0.1) is 23.2 Å². The van der Waals surface area contributed by atoms with E-state index in [0.717, 1.165) is 41.7 Å². The zero-order valence-electron chi connectivity index (χ0n) is 15.4. The van der Waals surface area contributed by atoms with Crippen LogP contribution in [0.3, 0.4) is 0 Å². The molecule has 0 saturated heterocycles. The van der Waals surface area contributed by atoms with E-state index in [-0.39, 0.29) is 5.97 Å². The Hall–Kier alpha value is -1.04. The van der Waals surface area contributed by atoms with Crippen LogP contribution in [-0.2, 0) is 22.5 Å². The van der Waals surface area contributed by atoms with Gasteiger partial charge in [-0.3, -0.25) is 4.79 Å². The van der Waals surface area contributed by atoms with Gasteiger partial charge in [0.15, 0.2) is 5.16 Å². The lowest BCUT2D eigenvalue weighted by Crippen LogP contribution is -2.47. The highest BCUT2D eigenvalue weighted by atomic mass is 32.2. The second-order valence-corrected chi connectivity index (χ2v) is 9.27. The predicted molar refractivity (Wildman–Crippen MR) is 97.4 cm³/mol. The molecule has 4 bridgehead atoms. The monoisotopic (exact) mass is 363 g/mol. The number of rotatable bonds is 7. The molecule has 0 radical (unpaired) electrons. The number of hydrogen-bond acceptors (Lipinski definition) is 5. The molecule has 4 fully saturated rings. The minimum Gasteiger partial charge on any atom is -0.465 e. The number of aromatic nitrogens is 3. The van der Waals surface area contributed by atoms with Crippen molar-refractivity contribution in [3.63, 3.8) is 0 Å². The summed E-state index contributed by atoms with van der Waals surface area (Å²) in [5, 5.41) is 9.77. The van der Waals surface area contributed by atoms with Gasteiger partial charge in [0.05, 0.1) is 12.4 Å². The molecule has 0 spiro atoms. The Bertz CT molecular complexity index is 607. The van der Waals surface area contributed by atoms with Crippen LogP contribution in [0.4, 0.5) is 0 Å². The van der Waals surface area contributed by atoms with Gasteiger partial charge in [-0.1, -0.05) is 11.8 Å². The predicted octanol–water partition coefficient (Wildman–Crippen LogP) is 3.71. The Morgan fingerprint density at radius 1 is 1.16 bits per heavy atom. The fraction of sp³-hybridized carbons (Fsp3) is 0.842. The molecule has 1 heterocycles. The first-order valence-electron chi connectivity index (χ1n) is 9.81. The maximum atomic E-state index is 11.6. The number of carbonyl (C=O) groups is 1. The molecule has 6 heteroatoms. The van der Waals surface area contributed by atoms with E-state index in [0.29, 0.717) is 17.8 Å². The van der Waals surface area contributed by atoms with Crippen LogP contribution in [0.15, 0.2) is 5.16 Å². The van der Waals surface area contributed by atoms with Gasteiger partial charge in [-0.05, 0) is 75.5 Å². The van der Waals surface area contributed by atoms with E-state index in [9.17, 15) is 4.79 Å². The molecule has 4 aliphatic rings. The second kappa shape index (κ2) is 6.93. The molecule has 138 valence electrons. The number of thioether (sulfide) groups is 1. The van der Waals surface area contributed by atoms with Gasteiger partial charge in [-0.25, -0.2) is 0 Å². The Balaban J connectivity index is 1.47. The molecule has 0 unspecified atom stereocenters. The molecular weight excluding hydrogens is 334 g/mol. The van der Waals surface area contributed by atoms with Crippen LogP contribution in [0.5, 0.6) is 0 Å². The van der Waals surface area contributed by atoms with Crippen LogP contribution in [0.2, 0.25) is 0 Å². The second-order valence-electron chi connectivity index (χ2n) is 8.33. The third-order valence-electron chi connectivity index (χ3n) is 6.43. The van der Waals surface area contributed by atoms with Crippen molar-refractivity contribution in [2.24, 2.45) is 23.2 Å². The van der Waals surface area contributed by atoms with Crippen molar-refractivity contribution in [2.45, 2.75) is 70.5 Å². The summed E-state index contributed by atoms with van der Waals surface area (Å²) in [5.74, 6) is 4.13. The molecular formula is C19H29N3O2S. The molecule has 0 aromatic carbocycles. The lowest BCUT2D eigenvalue weighted by atomic mass is 9.49. The Kier molecular flexibility index (Phi) is 4.82. The lowest BCUT2D eigenvalue weighted by Gasteiger charge is -2.56. The normalized spacial score (nSPS) is 33.0. The largest absolute Gasteiger partial charge is 0.465 e. The number of ether oxygens (including phenoxy) is 1. The Morgan fingerprint density at radius 3 is 2.36 bits per heavy atom. The first-order chi connectivity index (χ1) is 12.1. The van der Waals surface area contributed by atoms with Gasteiger partial charge in [0, 0.05) is 13.0 Å². The van der Waals surface area contributed by atoms with E-state index >= 15 is 0 Å². The molecule has 1 aromatic rings. The van der Waals surface area contributed by atoms with Gasteiger partial charge in [-0.15, -0.1) is 10.2 Å². The highest BCUT2D eigenvalue weighted by Gasteiger charge is 2.51. The van der Waals surface area contributed by atoms with Gasteiger partial charge >= 0.3 is 5.97 Å². The van der Waals surface area contributed by atoms with E-state index in [1.807, 2.05) is 6.92 Å². The zero-order valence-corrected chi connectivity index (χ0v) is 16.2. The number of nitrogens with zero attached hydrogens (tertiary/aromatic N) is 3. The summed E-state index contributed by atoms with van der Waals surface area (Å²) >= 11 is 1.45. The smallest absolute Gasteiger partial charge is 0.316 e. The third kappa shape index (κ3) is 3.46. The number of hydrogen-bond donors (Lipinski definition) is 0. The summed E-state index contributed by atoms with van der Waals surface area (Å²) in [4.78, 5) is 11.6. The summed E-state index contributed by atoms with van der Waals surface area (Å²) in [7, 11) is 0. The van der Waals surface area contributed by atoms with Gasteiger partial charge in [-0.2, -0.15) is 0 Å². The molecule has 0 N–H and O–H groups in total. The minimum atomic E-state index is -0.180. The molecule has 4 aliphatic carbocycles. The minimum absolute atomic E-state index is 0.180. The Labute approximate surface area is 154 Å². The fourth-order valence-corrected chi connectivity index (χ4v) is 6.86. The van der Waals surface area contributed by atoms with E-state index in [4.69, 9.17) is 4.74 Å². The summed E-state index contributed by atoms with van der Waals surface area (Å²) in [6.07, 6.45) is 9.65. The van der Waals surface area contributed by atoms with Crippen LogP contribution in [0.1, 0.15) is 58.2 Å². The van der Waals surface area contributed by atoms with Crippen molar-refractivity contribution in [3.8, 4) is 0 Å². The molecule has 5 rings (SSSR count). The van der Waals surface area contributed by atoms with Gasteiger partial charge < -0.3 is 9.30 Å². The van der Waals surface area contributed by atoms with Crippen molar-refractivity contribution in [3.05, 3.63) is 5.82 Å². The molecule has 0 atom stereocenters. The third-order valence-corrected chi connectivity index (χ3v) is 7.37. The first kappa shape index (κ1) is 17.4. The number of carbonyl (C=O) groups excluding carboxylic acids is 1. The SMILES string of the molecule is CCOC(=O)CSc1nnc(CC23CC4CC(CC(C4)C2)C3)n1CC. The summed E-state index contributed by atoms with van der Waals surface area (Å²) in [6, 6.07) is 0. The topological polar surface area (TPSA) is 57.0 Å². The summed E-state index contributed by atoms with van der Waals surface area (Å²) < 4.78 is 7.23. The number of esters is 1. The van der Waals surface area contributed by atoms with Gasteiger partial charge in [0.25, 0.3) is 0 Å². The molecule has 0 amide bonds. The average Bonchev–Trinajstić information content (AvgIpc) is 2.93. The Morgan fingerprint density at radius 2 is 1.80 bits per heavy atom. The standard InChI is InChI=1S/C19H29N3O2S/c1-3-22-16(20-21-18(22)25-12-17(23)24-4-2)11-19-8-13-5-14(9-19)7-15(6-13)10-19/h13-15H,3-12H2,1-2H3. The van der Waals surface area contributed by atoms with E-state index in [1.54, 1.807) is 0 Å².